The number of hydrogen-bond donors (Lipinski definition) is 1. The van der Waals surface area contributed by atoms with Crippen molar-refractivity contribution in [3.05, 3.63) is 74.7 Å². The van der Waals surface area contributed by atoms with Crippen LogP contribution >= 0.6 is 11.6 Å². The molecule has 2 aromatic carbocycles. The summed E-state index contributed by atoms with van der Waals surface area (Å²) in [6, 6.07) is 12.4. The number of hydrogen-bond acceptors (Lipinski definition) is 5. The largest absolute Gasteiger partial charge is 0.497 e. The lowest BCUT2D eigenvalue weighted by Crippen LogP contribution is -2.20. The molecule has 1 N–H and O–H groups in total. The van der Waals surface area contributed by atoms with Crippen LogP contribution in [0.1, 0.15) is 23.7 Å². The van der Waals surface area contributed by atoms with Crippen LogP contribution in [0.25, 0.3) is 5.69 Å². The Labute approximate surface area is 178 Å². The lowest BCUT2D eigenvalue weighted by atomic mass is 10.1. The highest BCUT2D eigenvalue weighted by atomic mass is 35.5. The van der Waals surface area contributed by atoms with Gasteiger partial charge in [0.05, 0.1) is 49.0 Å². The van der Waals surface area contributed by atoms with E-state index in [9.17, 15) is 9.59 Å². The molecule has 1 heterocycles. The van der Waals surface area contributed by atoms with E-state index in [2.05, 4.69) is 10.1 Å². The van der Waals surface area contributed by atoms with E-state index in [0.29, 0.717) is 39.1 Å². The Morgan fingerprint density at radius 1 is 1.17 bits per heavy atom. The molecule has 0 radical (unpaired) electrons. The molecule has 8 heteroatoms. The monoisotopic (exact) mass is 427 g/mol. The number of aliphatic imine (C=N–C) groups is 1. The highest BCUT2D eigenvalue weighted by Gasteiger charge is 2.20. The molecule has 0 aliphatic heterocycles. The summed E-state index contributed by atoms with van der Waals surface area (Å²) in [7, 11) is 2.87. The van der Waals surface area contributed by atoms with Gasteiger partial charge in [-0.1, -0.05) is 17.7 Å². The third kappa shape index (κ3) is 4.31. The van der Waals surface area contributed by atoms with E-state index in [-0.39, 0.29) is 12.0 Å². The summed E-state index contributed by atoms with van der Waals surface area (Å²) in [6.07, 6.45) is -0.0917. The van der Waals surface area contributed by atoms with Crippen LogP contribution in [0.5, 0.6) is 5.75 Å². The number of benzene rings is 2. The maximum absolute atomic E-state index is 13.2. The van der Waals surface area contributed by atoms with Gasteiger partial charge in [0.25, 0.3) is 5.56 Å². The summed E-state index contributed by atoms with van der Waals surface area (Å²) in [5.74, 6) is 0.202. The topological polar surface area (TPSA) is 85.7 Å². The van der Waals surface area contributed by atoms with Crippen LogP contribution in [-0.4, -0.2) is 35.7 Å². The molecule has 7 nitrogen and oxygen atoms in total. The number of carbonyl (C=O) groups excluding carboxylic acids is 1. The predicted octanol–water partition coefficient (Wildman–Crippen LogP) is 3.99. The number of carbonyl (C=O) groups is 1. The third-order valence-electron chi connectivity index (χ3n) is 4.73. The maximum Gasteiger partial charge on any atom is 0.311 e. The maximum atomic E-state index is 13.2. The minimum absolute atomic E-state index is 0.0917. The fourth-order valence-electron chi connectivity index (χ4n) is 3.07. The van der Waals surface area contributed by atoms with Gasteiger partial charge in [0.2, 0.25) is 0 Å². The highest BCUT2D eigenvalue weighted by Crippen LogP contribution is 2.26. The van der Waals surface area contributed by atoms with Crippen molar-refractivity contribution in [2.24, 2.45) is 4.99 Å². The molecule has 0 unspecified atom stereocenters. The first-order chi connectivity index (χ1) is 14.3. The molecule has 0 atom stereocenters. The SMILES string of the molecule is COC(=O)Cc1[nH]n(-c2ccc(OC)cc2)c(=O)c1C(C)=Nc1cccc(Cl)c1C. The minimum atomic E-state index is -0.467. The van der Waals surface area contributed by atoms with E-state index < -0.39 is 5.97 Å². The molecule has 0 saturated carbocycles. The first kappa shape index (κ1) is 21.4. The normalized spacial score (nSPS) is 11.4. The van der Waals surface area contributed by atoms with Gasteiger partial charge in [-0.3, -0.25) is 19.7 Å². The lowest BCUT2D eigenvalue weighted by Gasteiger charge is -2.05. The van der Waals surface area contributed by atoms with E-state index in [0.717, 1.165) is 5.56 Å². The molecule has 3 aromatic rings. The molecule has 30 heavy (non-hydrogen) atoms. The van der Waals surface area contributed by atoms with Crippen molar-refractivity contribution in [1.29, 1.82) is 0 Å². The van der Waals surface area contributed by atoms with Crippen molar-refractivity contribution in [1.82, 2.24) is 9.78 Å². The average molecular weight is 428 g/mol. The molecule has 156 valence electrons. The van der Waals surface area contributed by atoms with Gasteiger partial charge in [0, 0.05) is 5.02 Å². The molecule has 1 aromatic heterocycles. The zero-order valence-corrected chi connectivity index (χ0v) is 17.9. The first-order valence-electron chi connectivity index (χ1n) is 9.21. The van der Waals surface area contributed by atoms with Gasteiger partial charge < -0.3 is 9.47 Å². The van der Waals surface area contributed by atoms with Gasteiger partial charge >= 0.3 is 5.97 Å². The number of aromatic nitrogens is 2. The van der Waals surface area contributed by atoms with Crippen molar-refractivity contribution in [3.8, 4) is 11.4 Å². The van der Waals surface area contributed by atoms with Gasteiger partial charge in [-0.15, -0.1) is 0 Å². The molecule has 0 fully saturated rings. The molecular weight excluding hydrogens is 406 g/mol. The fourth-order valence-corrected chi connectivity index (χ4v) is 3.24. The highest BCUT2D eigenvalue weighted by molar-refractivity contribution is 6.31. The van der Waals surface area contributed by atoms with Crippen LogP contribution in [-0.2, 0) is 16.0 Å². The van der Waals surface area contributed by atoms with Crippen molar-refractivity contribution in [2.75, 3.05) is 14.2 Å². The van der Waals surface area contributed by atoms with Crippen LogP contribution < -0.4 is 10.3 Å². The third-order valence-corrected chi connectivity index (χ3v) is 5.14. The number of aromatic amines is 1. The Balaban J connectivity index is 2.14. The second-order valence-corrected chi connectivity index (χ2v) is 7.05. The number of rotatable bonds is 6. The average Bonchev–Trinajstić information content (AvgIpc) is 3.07. The van der Waals surface area contributed by atoms with E-state index in [1.807, 2.05) is 13.0 Å². The van der Waals surface area contributed by atoms with Crippen LogP contribution in [0.4, 0.5) is 5.69 Å². The van der Waals surface area contributed by atoms with Gasteiger partial charge in [0.1, 0.15) is 5.75 Å². The summed E-state index contributed by atoms with van der Waals surface area (Å²) in [4.78, 5) is 29.8. The quantitative estimate of drug-likeness (QED) is 0.476. The number of H-pyrrole nitrogens is 1. The zero-order chi connectivity index (χ0) is 21.8. The van der Waals surface area contributed by atoms with Crippen molar-refractivity contribution >= 4 is 29.0 Å². The Morgan fingerprint density at radius 3 is 2.50 bits per heavy atom. The number of halogens is 1. The molecule has 0 aliphatic rings. The standard InChI is InChI=1S/C22H22ClN3O4/c1-13-17(23)6-5-7-18(13)24-14(2)21-19(12-20(27)30-4)25-26(22(21)28)15-8-10-16(29-3)11-9-15/h5-11,25H,12H2,1-4H3. The first-order valence-corrected chi connectivity index (χ1v) is 9.59. The van der Waals surface area contributed by atoms with E-state index in [1.54, 1.807) is 50.4 Å². The van der Waals surface area contributed by atoms with Crippen LogP contribution in [0.15, 0.2) is 52.3 Å². The Hall–Kier alpha value is -3.32. The van der Waals surface area contributed by atoms with Crippen molar-refractivity contribution < 1.29 is 14.3 Å². The number of methoxy groups -OCH3 is 2. The Morgan fingerprint density at radius 2 is 1.87 bits per heavy atom. The van der Waals surface area contributed by atoms with Crippen LogP contribution in [0, 0.1) is 6.92 Å². The zero-order valence-electron chi connectivity index (χ0n) is 17.2. The summed E-state index contributed by atoms with van der Waals surface area (Å²) >= 11 is 6.19. The molecule has 3 rings (SSSR count). The van der Waals surface area contributed by atoms with E-state index >= 15 is 0 Å². The smallest absolute Gasteiger partial charge is 0.311 e. The van der Waals surface area contributed by atoms with Crippen molar-refractivity contribution in [2.45, 2.75) is 20.3 Å². The second kappa shape index (κ2) is 9.00. The molecule has 0 bridgehead atoms. The van der Waals surface area contributed by atoms with Crippen LogP contribution in [0.3, 0.4) is 0 Å². The van der Waals surface area contributed by atoms with Gasteiger partial charge in [-0.2, -0.15) is 0 Å². The lowest BCUT2D eigenvalue weighted by molar-refractivity contribution is -0.139. The second-order valence-electron chi connectivity index (χ2n) is 6.64. The summed E-state index contributed by atoms with van der Waals surface area (Å²) in [5, 5.41) is 3.60. The fraction of sp³-hybridized carbons (Fsp3) is 0.227. The van der Waals surface area contributed by atoms with E-state index in [4.69, 9.17) is 21.1 Å². The van der Waals surface area contributed by atoms with Crippen LogP contribution in [0.2, 0.25) is 5.02 Å². The molecule has 0 saturated heterocycles. The summed E-state index contributed by atoms with van der Waals surface area (Å²) in [6.45, 7) is 3.58. The Kier molecular flexibility index (Phi) is 6.42. The number of ether oxygens (including phenoxy) is 2. The van der Waals surface area contributed by atoms with E-state index in [1.165, 1.54) is 11.8 Å². The van der Waals surface area contributed by atoms with Gasteiger partial charge in [-0.05, 0) is 55.8 Å². The van der Waals surface area contributed by atoms with Gasteiger partial charge in [0.15, 0.2) is 0 Å². The summed E-state index contributed by atoms with van der Waals surface area (Å²) in [5.41, 5.74) is 2.94. The predicted molar refractivity (Wildman–Crippen MR) is 117 cm³/mol. The minimum Gasteiger partial charge on any atom is -0.497 e. The molecular formula is C22H22ClN3O4. The molecule has 0 spiro atoms. The van der Waals surface area contributed by atoms with Crippen molar-refractivity contribution in [3.63, 3.8) is 0 Å². The number of nitrogens with one attached hydrogen (secondary N) is 1. The number of nitrogens with zero attached hydrogens (tertiary/aromatic N) is 2. The molecule has 0 amide bonds. The van der Waals surface area contributed by atoms with Gasteiger partial charge in [-0.25, -0.2) is 4.68 Å². The molecule has 0 aliphatic carbocycles. The Bertz CT molecular complexity index is 1160. The summed E-state index contributed by atoms with van der Waals surface area (Å²) < 4.78 is 11.3. The number of esters is 1.